The first-order valence-electron chi connectivity index (χ1n) is 8.10. The molecule has 0 radical (unpaired) electrons. The molecular weight excluding hydrogens is 292 g/mol. The van der Waals surface area contributed by atoms with Crippen LogP contribution in [-0.2, 0) is 11.2 Å². The van der Waals surface area contributed by atoms with Gasteiger partial charge in [0.05, 0.1) is 7.11 Å². The number of carbonyl (C=O) groups excluding carboxylic acids is 1. The molecule has 23 heavy (non-hydrogen) atoms. The lowest BCUT2D eigenvalue weighted by atomic mass is 10.1. The molecule has 0 spiro atoms. The van der Waals surface area contributed by atoms with Gasteiger partial charge in [-0.3, -0.25) is 9.59 Å². The number of pyridine rings is 1. The van der Waals surface area contributed by atoms with Gasteiger partial charge in [-0.1, -0.05) is 19.8 Å². The molecule has 124 valence electrons. The molecule has 0 unspecified atom stereocenters. The number of aryl methyl sites for hydroxylation is 1. The Labute approximate surface area is 136 Å². The Balaban J connectivity index is 2.00. The predicted octanol–water partition coefficient (Wildman–Crippen LogP) is 2.78. The Morgan fingerprint density at radius 2 is 2.09 bits per heavy atom. The molecule has 0 saturated heterocycles. The zero-order valence-electron chi connectivity index (χ0n) is 13.8. The lowest BCUT2D eigenvalue weighted by molar-refractivity contribution is -0.121. The third-order valence-electron chi connectivity index (χ3n) is 3.85. The highest BCUT2D eigenvalue weighted by Crippen LogP contribution is 2.19. The maximum atomic E-state index is 12.1. The fourth-order valence-electron chi connectivity index (χ4n) is 2.48. The summed E-state index contributed by atoms with van der Waals surface area (Å²) >= 11 is 0. The Bertz CT molecular complexity index is 722. The van der Waals surface area contributed by atoms with Gasteiger partial charge in [0.25, 0.3) is 5.56 Å². The van der Waals surface area contributed by atoms with E-state index in [0.717, 1.165) is 35.9 Å². The second kappa shape index (κ2) is 8.36. The summed E-state index contributed by atoms with van der Waals surface area (Å²) in [5.74, 6) is 0.732. The fourth-order valence-corrected chi connectivity index (χ4v) is 2.48. The molecule has 0 bridgehead atoms. The number of benzene rings is 1. The average Bonchev–Trinajstić information content (AvgIpc) is 2.56. The topological polar surface area (TPSA) is 71.2 Å². The van der Waals surface area contributed by atoms with Crippen molar-refractivity contribution in [2.24, 2.45) is 0 Å². The highest BCUT2D eigenvalue weighted by molar-refractivity contribution is 5.81. The summed E-state index contributed by atoms with van der Waals surface area (Å²) in [5.41, 5.74) is 1.25. The number of unbranched alkanes of at least 4 members (excludes halogenated alkanes) is 2. The van der Waals surface area contributed by atoms with Crippen molar-refractivity contribution >= 4 is 16.8 Å². The first-order valence-corrected chi connectivity index (χ1v) is 8.10. The Morgan fingerprint density at radius 1 is 1.26 bits per heavy atom. The standard InChI is InChI=1S/C18H24N2O3/c1-3-4-5-10-19-17(21)9-6-13-11-14-12-15(23-2)7-8-16(14)20-18(13)22/h7-8,11-12H,3-6,9-10H2,1-2H3,(H,19,21)(H,20,22). The summed E-state index contributed by atoms with van der Waals surface area (Å²) in [6, 6.07) is 7.34. The third kappa shape index (κ3) is 4.84. The van der Waals surface area contributed by atoms with Gasteiger partial charge >= 0.3 is 0 Å². The number of nitrogens with one attached hydrogen (secondary N) is 2. The van der Waals surface area contributed by atoms with Gasteiger partial charge in [0, 0.05) is 29.4 Å². The average molecular weight is 316 g/mol. The molecule has 0 aliphatic rings. The van der Waals surface area contributed by atoms with Crippen LogP contribution >= 0.6 is 0 Å². The van der Waals surface area contributed by atoms with Crippen LogP contribution in [0.1, 0.15) is 38.2 Å². The van der Waals surface area contributed by atoms with Gasteiger partial charge in [0.2, 0.25) is 5.91 Å². The molecule has 1 aromatic carbocycles. The Morgan fingerprint density at radius 3 is 2.83 bits per heavy atom. The van der Waals surface area contributed by atoms with Crippen molar-refractivity contribution in [1.29, 1.82) is 0 Å². The Hall–Kier alpha value is -2.30. The van der Waals surface area contributed by atoms with Crippen molar-refractivity contribution in [3.05, 3.63) is 40.2 Å². The van der Waals surface area contributed by atoms with Crippen molar-refractivity contribution in [3.63, 3.8) is 0 Å². The summed E-state index contributed by atoms with van der Waals surface area (Å²) in [6.45, 7) is 2.83. The smallest absolute Gasteiger partial charge is 0.251 e. The van der Waals surface area contributed by atoms with E-state index in [1.807, 2.05) is 24.3 Å². The number of amides is 1. The quantitative estimate of drug-likeness (QED) is 0.736. The normalized spacial score (nSPS) is 10.7. The van der Waals surface area contributed by atoms with Gasteiger partial charge in [0.15, 0.2) is 0 Å². The molecule has 5 heteroatoms. The number of fused-ring (bicyclic) bond motifs is 1. The maximum Gasteiger partial charge on any atom is 0.251 e. The van der Waals surface area contributed by atoms with Crippen molar-refractivity contribution in [2.45, 2.75) is 39.0 Å². The number of H-pyrrole nitrogens is 1. The number of rotatable bonds is 8. The van der Waals surface area contributed by atoms with E-state index >= 15 is 0 Å². The molecule has 0 fully saturated rings. The zero-order chi connectivity index (χ0) is 16.7. The SMILES string of the molecule is CCCCCNC(=O)CCc1cc2cc(OC)ccc2[nH]c1=O. The number of methoxy groups -OCH3 is 1. The summed E-state index contributed by atoms with van der Waals surface area (Å²) < 4.78 is 5.20. The summed E-state index contributed by atoms with van der Waals surface area (Å²) in [6.07, 6.45) is 4.00. The van der Waals surface area contributed by atoms with Gasteiger partial charge in [0.1, 0.15) is 5.75 Å². The van der Waals surface area contributed by atoms with Gasteiger partial charge in [-0.2, -0.15) is 0 Å². The van der Waals surface area contributed by atoms with Crippen LogP contribution in [0.15, 0.2) is 29.1 Å². The first-order chi connectivity index (χ1) is 11.1. The molecule has 0 aliphatic heterocycles. The van der Waals surface area contributed by atoms with E-state index in [9.17, 15) is 9.59 Å². The number of carbonyl (C=O) groups is 1. The van der Waals surface area contributed by atoms with Gasteiger partial charge in [-0.25, -0.2) is 0 Å². The number of ether oxygens (including phenoxy) is 1. The number of aromatic nitrogens is 1. The molecule has 0 atom stereocenters. The summed E-state index contributed by atoms with van der Waals surface area (Å²) in [5, 5.41) is 3.80. The molecular formula is C18H24N2O3. The van der Waals surface area contributed by atoms with E-state index in [1.54, 1.807) is 7.11 Å². The molecule has 5 nitrogen and oxygen atoms in total. The minimum Gasteiger partial charge on any atom is -0.497 e. The second-order valence-corrected chi connectivity index (χ2v) is 5.63. The molecule has 2 N–H and O–H groups in total. The van der Waals surface area contributed by atoms with E-state index in [4.69, 9.17) is 4.74 Å². The minimum atomic E-state index is -0.138. The highest BCUT2D eigenvalue weighted by atomic mass is 16.5. The lowest BCUT2D eigenvalue weighted by Gasteiger charge is -2.06. The van der Waals surface area contributed by atoms with E-state index in [-0.39, 0.29) is 11.5 Å². The van der Waals surface area contributed by atoms with Crippen LogP contribution < -0.4 is 15.6 Å². The third-order valence-corrected chi connectivity index (χ3v) is 3.85. The summed E-state index contributed by atoms with van der Waals surface area (Å²) in [4.78, 5) is 26.7. The number of hydrogen-bond acceptors (Lipinski definition) is 3. The van der Waals surface area contributed by atoms with E-state index < -0.39 is 0 Å². The van der Waals surface area contributed by atoms with Crippen LogP contribution in [0.25, 0.3) is 10.9 Å². The van der Waals surface area contributed by atoms with E-state index in [0.29, 0.717) is 24.9 Å². The van der Waals surface area contributed by atoms with Crippen molar-refractivity contribution in [3.8, 4) is 5.75 Å². The molecule has 1 aromatic heterocycles. The highest BCUT2D eigenvalue weighted by Gasteiger charge is 2.07. The van der Waals surface area contributed by atoms with Crippen molar-refractivity contribution in [1.82, 2.24) is 10.3 Å². The van der Waals surface area contributed by atoms with Gasteiger partial charge < -0.3 is 15.0 Å². The van der Waals surface area contributed by atoms with Crippen LogP contribution in [0.3, 0.4) is 0 Å². The van der Waals surface area contributed by atoms with Gasteiger partial charge in [-0.05, 0) is 37.1 Å². The van der Waals surface area contributed by atoms with Crippen LogP contribution in [0.5, 0.6) is 5.75 Å². The van der Waals surface area contributed by atoms with Crippen LogP contribution in [0.4, 0.5) is 0 Å². The lowest BCUT2D eigenvalue weighted by Crippen LogP contribution is -2.25. The van der Waals surface area contributed by atoms with E-state index in [1.165, 1.54) is 0 Å². The van der Waals surface area contributed by atoms with Crippen LogP contribution in [-0.4, -0.2) is 24.5 Å². The van der Waals surface area contributed by atoms with Crippen LogP contribution in [0.2, 0.25) is 0 Å². The monoisotopic (exact) mass is 316 g/mol. The maximum absolute atomic E-state index is 12.1. The van der Waals surface area contributed by atoms with E-state index in [2.05, 4.69) is 17.2 Å². The van der Waals surface area contributed by atoms with Crippen molar-refractivity contribution in [2.75, 3.05) is 13.7 Å². The number of hydrogen-bond donors (Lipinski definition) is 2. The largest absolute Gasteiger partial charge is 0.497 e. The minimum absolute atomic E-state index is 0.00811. The zero-order valence-corrected chi connectivity index (χ0v) is 13.8. The van der Waals surface area contributed by atoms with Gasteiger partial charge in [-0.15, -0.1) is 0 Å². The van der Waals surface area contributed by atoms with Crippen LogP contribution in [0, 0.1) is 0 Å². The predicted molar refractivity (Wildman–Crippen MR) is 92.0 cm³/mol. The van der Waals surface area contributed by atoms with Crippen molar-refractivity contribution < 1.29 is 9.53 Å². The second-order valence-electron chi connectivity index (χ2n) is 5.63. The molecule has 1 amide bonds. The Kier molecular flexibility index (Phi) is 6.20. The first kappa shape index (κ1) is 17.1. The molecule has 1 heterocycles. The summed E-state index contributed by atoms with van der Waals surface area (Å²) in [7, 11) is 1.61. The molecule has 2 rings (SSSR count). The number of aromatic amines is 1. The molecule has 2 aromatic rings. The molecule has 0 aliphatic carbocycles. The molecule has 0 saturated carbocycles. The fraction of sp³-hybridized carbons (Fsp3) is 0.444.